The molecule has 0 amide bonds. The van der Waals surface area contributed by atoms with E-state index in [0.717, 1.165) is 0 Å². The van der Waals surface area contributed by atoms with Crippen LogP contribution in [0.5, 0.6) is 0 Å². The van der Waals surface area contributed by atoms with Gasteiger partial charge in [-0.1, -0.05) is 23.2 Å². The highest BCUT2D eigenvalue weighted by atomic mass is 35.5. The highest BCUT2D eigenvalue weighted by Gasteiger charge is 2.17. The van der Waals surface area contributed by atoms with E-state index in [0.29, 0.717) is 15.6 Å². The number of hydrogen-bond acceptors (Lipinski definition) is 5. The Labute approximate surface area is 106 Å². The van der Waals surface area contributed by atoms with Crippen LogP contribution in [0.15, 0.2) is 22.6 Å². The molecule has 2 rings (SSSR count). The summed E-state index contributed by atoms with van der Waals surface area (Å²) in [6.07, 6.45) is 0. The van der Waals surface area contributed by atoms with Gasteiger partial charge in [0.25, 0.3) is 0 Å². The molecule has 0 aliphatic heterocycles. The largest absolute Gasteiger partial charge is 0.462 e. The van der Waals surface area contributed by atoms with Crippen molar-refractivity contribution in [3.05, 3.63) is 34.1 Å². The molecule has 0 saturated carbocycles. The maximum Gasteiger partial charge on any atom is 0.396 e. The summed E-state index contributed by atoms with van der Waals surface area (Å²) in [6.45, 7) is 0. The maximum absolute atomic E-state index is 11.1. The molecule has 1 heterocycles. The van der Waals surface area contributed by atoms with Crippen LogP contribution in [-0.4, -0.2) is 23.3 Å². The van der Waals surface area contributed by atoms with Gasteiger partial charge in [0.1, 0.15) is 0 Å². The van der Waals surface area contributed by atoms with Gasteiger partial charge in [-0.25, -0.2) is 4.79 Å². The molecule has 0 N–H and O–H groups in total. The van der Waals surface area contributed by atoms with E-state index >= 15 is 0 Å². The molecule has 0 fully saturated rings. The quantitative estimate of drug-likeness (QED) is 0.787. The zero-order valence-corrected chi connectivity index (χ0v) is 10.1. The molecule has 1 aromatic heterocycles. The molecule has 0 radical (unpaired) electrons. The van der Waals surface area contributed by atoms with Crippen LogP contribution >= 0.6 is 23.2 Å². The molecular weight excluding hydrogens is 267 g/mol. The van der Waals surface area contributed by atoms with Gasteiger partial charge < -0.3 is 9.15 Å². The van der Waals surface area contributed by atoms with Gasteiger partial charge in [0.15, 0.2) is 0 Å². The first-order chi connectivity index (χ1) is 8.11. The lowest BCUT2D eigenvalue weighted by Crippen LogP contribution is -2.00. The zero-order chi connectivity index (χ0) is 12.4. The van der Waals surface area contributed by atoms with Crippen molar-refractivity contribution in [1.29, 1.82) is 0 Å². The standard InChI is InChI=1S/C10H6Cl2N2O3/c1-16-10(15)9-14-13-8(17-9)6-4-5(11)2-3-7(6)12/h2-4H,1H3. The number of rotatable bonds is 2. The van der Waals surface area contributed by atoms with Crippen molar-refractivity contribution < 1.29 is 13.9 Å². The topological polar surface area (TPSA) is 65.2 Å². The van der Waals surface area contributed by atoms with Crippen LogP contribution in [0.25, 0.3) is 11.5 Å². The number of halogens is 2. The molecule has 0 saturated heterocycles. The van der Waals surface area contributed by atoms with E-state index in [4.69, 9.17) is 27.6 Å². The molecule has 0 bridgehead atoms. The molecule has 88 valence electrons. The van der Waals surface area contributed by atoms with Crippen LogP contribution in [-0.2, 0) is 4.74 Å². The Hall–Kier alpha value is -1.59. The van der Waals surface area contributed by atoms with E-state index in [1.165, 1.54) is 7.11 Å². The van der Waals surface area contributed by atoms with Crippen LogP contribution in [0.4, 0.5) is 0 Å². The van der Waals surface area contributed by atoms with Crippen molar-refractivity contribution in [2.24, 2.45) is 0 Å². The molecular formula is C10H6Cl2N2O3. The van der Waals surface area contributed by atoms with Gasteiger partial charge in [-0.15, -0.1) is 10.2 Å². The summed E-state index contributed by atoms with van der Waals surface area (Å²) in [7, 11) is 1.22. The third-order valence-corrected chi connectivity index (χ3v) is 2.51. The molecule has 0 aliphatic rings. The Morgan fingerprint density at radius 2 is 2.12 bits per heavy atom. The summed E-state index contributed by atoms with van der Waals surface area (Å²) in [5.74, 6) is -0.835. The van der Waals surface area contributed by atoms with Gasteiger partial charge in [0.2, 0.25) is 5.89 Å². The highest BCUT2D eigenvalue weighted by Crippen LogP contribution is 2.29. The van der Waals surface area contributed by atoms with Crippen molar-refractivity contribution in [3.8, 4) is 11.5 Å². The van der Waals surface area contributed by atoms with Crippen molar-refractivity contribution in [3.63, 3.8) is 0 Å². The Balaban J connectivity index is 2.43. The normalized spacial score (nSPS) is 10.3. The lowest BCUT2D eigenvalue weighted by Gasteiger charge is -1.98. The van der Waals surface area contributed by atoms with E-state index in [2.05, 4.69) is 14.9 Å². The van der Waals surface area contributed by atoms with E-state index < -0.39 is 5.97 Å². The minimum absolute atomic E-state index is 0.109. The molecule has 0 aliphatic carbocycles. The fourth-order valence-electron chi connectivity index (χ4n) is 1.16. The highest BCUT2D eigenvalue weighted by molar-refractivity contribution is 6.35. The summed E-state index contributed by atoms with van der Waals surface area (Å²) < 4.78 is 9.56. The van der Waals surface area contributed by atoms with Gasteiger partial charge in [0, 0.05) is 5.02 Å². The Bertz CT molecular complexity index is 568. The second-order valence-electron chi connectivity index (χ2n) is 3.03. The molecule has 2 aromatic rings. The molecule has 5 nitrogen and oxygen atoms in total. The van der Waals surface area contributed by atoms with Crippen molar-refractivity contribution in [2.75, 3.05) is 7.11 Å². The minimum atomic E-state index is -0.707. The van der Waals surface area contributed by atoms with Crippen LogP contribution < -0.4 is 0 Å². The predicted molar refractivity (Wildman–Crippen MR) is 61.1 cm³/mol. The summed E-state index contributed by atoms with van der Waals surface area (Å²) in [6, 6.07) is 4.80. The number of methoxy groups -OCH3 is 1. The number of hydrogen-bond donors (Lipinski definition) is 0. The number of carbonyl (C=O) groups excluding carboxylic acids is 1. The molecule has 17 heavy (non-hydrogen) atoms. The van der Waals surface area contributed by atoms with Crippen molar-refractivity contribution in [2.45, 2.75) is 0 Å². The number of carbonyl (C=O) groups is 1. The van der Waals surface area contributed by atoms with Gasteiger partial charge in [-0.05, 0) is 18.2 Å². The lowest BCUT2D eigenvalue weighted by molar-refractivity contribution is 0.0556. The fourth-order valence-corrected chi connectivity index (χ4v) is 1.53. The van der Waals surface area contributed by atoms with E-state index in [9.17, 15) is 4.79 Å². The third kappa shape index (κ3) is 2.40. The van der Waals surface area contributed by atoms with E-state index in [1.807, 2.05) is 0 Å². The Morgan fingerprint density at radius 1 is 1.35 bits per heavy atom. The Morgan fingerprint density at radius 3 is 2.82 bits per heavy atom. The molecule has 0 atom stereocenters. The first-order valence-electron chi connectivity index (χ1n) is 4.49. The monoisotopic (exact) mass is 272 g/mol. The van der Waals surface area contributed by atoms with Crippen molar-refractivity contribution >= 4 is 29.2 Å². The van der Waals surface area contributed by atoms with Gasteiger partial charge in [-0.2, -0.15) is 0 Å². The fraction of sp³-hybridized carbons (Fsp3) is 0.100. The maximum atomic E-state index is 11.1. The third-order valence-electron chi connectivity index (χ3n) is 1.94. The second kappa shape index (κ2) is 4.73. The summed E-state index contributed by atoms with van der Waals surface area (Å²) in [5.41, 5.74) is 0.460. The average Bonchev–Trinajstić information content (AvgIpc) is 2.80. The molecule has 1 aromatic carbocycles. The average molecular weight is 273 g/mol. The van der Waals surface area contributed by atoms with Gasteiger partial charge in [0.05, 0.1) is 17.7 Å². The van der Waals surface area contributed by atoms with E-state index in [1.54, 1.807) is 18.2 Å². The number of nitrogens with zero attached hydrogens (tertiary/aromatic N) is 2. The second-order valence-corrected chi connectivity index (χ2v) is 3.87. The van der Waals surface area contributed by atoms with Crippen LogP contribution in [0.2, 0.25) is 10.0 Å². The number of esters is 1. The molecule has 7 heteroatoms. The van der Waals surface area contributed by atoms with Gasteiger partial charge in [-0.3, -0.25) is 0 Å². The SMILES string of the molecule is COC(=O)c1nnc(-c2cc(Cl)ccc2Cl)o1. The van der Waals surface area contributed by atoms with E-state index in [-0.39, 0.29) is 11.8 Å². The summed E-state index contributed by atoms with van der Waals surface area (Å²) in [4.78, 5) is 11.1. The predicted octanol–water partition coefficient (Wildman–Crippen LogP) is 2.83. The number of aromatic nitrogens is 2. The minimum Gasteiger partial charge on any atom is -0.462 e. The lowest BCUT2D eigenvalue weighted by atomic mass is 10.2. The molecule has 0 unspecified atom stereocenters. The van der Waals surface area contributed by atoms with Gasteiger partial charge >= 0.3 is 11.9 Å². The Kier molecular flexibility index (Phi) is 3.31. The zero-order valence-electron chi connectivity index (χ0n) is 8.61. The smallest absolute Gasteiger partial charge is 0.396 e. The summed E-state index contributed by atoms with van der Waals surface area (Å²) >= 11 is 11.8. The molecule has 0 spiro atoms. The first kappa shape index (κ1) is 11.9. The first-order valence-corrected chi connectivity index (χ1v) is 5.24. The number of ether oxygens (including phenoxy) is 1. The summed E-state index contributed by atoms with van der Waals surface area (Å²) in [5, 5.41) is 8.11. The van der Waals surface area contributed by atoms with Crippen molar-refractivity contribution in [1.82, 2.24) is 10.2 Å². The van der Waals surface area contributed by atoms with Crippen LogP contribution in [0, 0.1) is 0 Å². The number of benzene rings is 1. The van der Waals surface area contributed by atoms with Crippen LogP contribution in [0.3, 0.4) is 0 Å². The van der Waals surface area contributed by atoms with Crippen LogP contribution in [0.1, 0.15) is 10.7 Å².